The molecule has 7 N–H and O–H groups in total. The number of nitrogens with two attached hydrogens (primary N) is 1. The van der Waals surface area contributed by atoms with Crippen molar-refractivity contribution in [1.29, 1.82) is 0 Å². The van der Waals surface area contributed by atoms with Gasteiger partial charge in [-0.15, -0.1) is 0 Å². The Morgan fingerprint density at radius 3 is 1.24 bits per heavy atom. The first kappa shape index (κ1) is 78.5. The highest BCUT2D eigenvalue weighted by molar-refractivity contribution is 6.31. The van der Waals surface area contributed by atoms with Gasteiger partial charge >= 0.3 is 5.92 Å². The molecule has 8 heterocycles. The highest BCUT2D eigenvalue weighted by Gasteiger charge is 2.51. The van der Waals surface area contributed by atoms with Crippen LogP contribution in [0.15, 0.2) is 101 Å². The van der Waals surface area contributed by atoms with Gasteiger partial charge in [0.2, 0.25) is 0 Å². The molecule has 22 heteroatoms. The number of fused-ring (bicyclic) bond motifs is 5. The van der Waals surface area contributed by atoms with Crippen LogP contribution in [0.1, 0.15) is 167 Å². The standard InChI is InChI=1S/C27H27ClF2N2O5.C18H25NO3.C17H24N2O3.C13H18O3.4CH4/c28-18-3-5-20-17(10-18)12-23(37-20)27(29,30)25(34)31-19(13-32-14-26(15-32)6-1-7-26)24(33)16-2-4-21-22(11-16)36-9-8-35-21;1-13(10-19-11-18(12-19)5-2-6-18)17(20)14-3-4-15-16(9-14)22-8-7-21-15;18-13(9-19-10-17(11-19)4-1-5-17)16(20)12-2-3-14-15(8-12)22-7-6-21-14;1-3-9(2)13(14)10-4-5-11-12(8-10)16-7-6-15-11;;;;/h2-5,10-12,19,24,33H,1,6-9,13-15H2,(H,31,34);3-4,9,13,17,20H,2,5-8,10-12H2,1H3;2-3,8,13,16,20H,1,4-7,9-11,18H2;4-5,8-9,13-14H,3,6-7H2,1-2H3;4*1H4/t19-,24-;13-,17+;13-,16-;9-,13+;;;;/m1111..../s1. The molecule has 10 aliphatic rings. The molecule has 101 heavy (non-hydrogen) atoms. The summed E-state index contributed by atoms with van der Waals surface area (Å²) in [6, 6.07) is 26.3. The van der Waals surface area contributed by atoms with Crippen molar-refractivity contribution in [2.24, 2.45) is 33.8 Å². The normalized spacial score (nSPS) is 21.2. The first-order chi connectivity index (χ1) is 46.7. The Kier molecular flexibility index (Phi) is 26.0. The van der Waals surface area contributed by atoms with Crippen LogP contribution in [0.2, 0.25) is 5.02 Å². The van der Waals surface area contributed by atoms with Crippen molar-refractivity contribution in [3.63, 3.8) is 0 Å². The predicted molar refractivity (Wildman–Crippen MR) is 388 cm³/mol. The third-order valence-electron chi connectivity index (χ3n) is 21.6. The van der Waals surface area contributed by atoms with Crippen molar-refractivity contribution < 1.29 is 76.3 Å². The number of likely N-dealkylation sites (tertiary alicyclic amines) is 3. The molecule has 6 aromatic rings. The summed E-state index contributed by atoms with van der Waals surface area (Å²) in [5, 5.41) is 45.7. The number of aliphatic hydroxyl groups is 4. The second-order valence-corrected chi connectivity index (χ2v) is 29.4. The topological polar surface area (TPSA) is 233 Å². The molecule has 0 radical (unpaired) electrons. The van der Waals surface area contributed by atoms with E-state index >= 15 is 8.78 Å². The highest BCUT2D eigenvalue weighted by atomic mass is 35.5. The summed E-state index contributed by atoms with van der Waals surface area (Å²) in [7, 11) is 0. The monoisotopic (exact) mass is 1430 g/mol. The molecule has 3 spiro atoms. The molecule has 3 saturated heterocycles. The molecular weight excluding hydrogens is 1320 g/mol. The van der Waals surface area contributed by atoms with E-state index in [0.29, 0.717) is 102 Å². The number of hydrogen-bond donors (Lipinski definition) is 6. The van der Waals surface area contributed by atoms with Crippen molar-refractivity contribution in [3.05, 3.63) is 130 Å². The number of amides is 1. The molecule has 1 amide bonds. The van der Waals surface area contributed by atoms with E-state index in [9.17, 15) is 25.2 Å². The number of halogens is 3. The molecule has 7 aliphatic heterocycles. The summed E-state index contributed by atoms with van der Waals surface area (Å²) in [5.74, 6) is -0.300. The van der Waals surface area contributed by atoms with Crippen molar-refractivity contribution in [2.75, 3.05) is 112 Å². The molecule has 3 saturated carbocycles. The van der Waals surface area contributed by atoms with E-state index in [4.69, 9.17) is 59.6 Å². The van der Waals surface area contributed by atoms with Crippen LogP contribution in [-0.2, 0) is 10.7 Å². The minimum atomic E-state index is -3.96. The average Bonchev–Trinajstić information content (AvgIpc) is 1.78. The number of hydrogen-bond acceptors (Lipinski definition) is 18. The van der Waals surface area contributed by atoms with Crippen LogP contribution < -0.4 is 48.9 Å². The van der Waals surface area contributed by atoms with Crippen molar-refractivity contribution >= 4 is 28.5 Å². The molecule has 3 aliphatic carbocycles. The molecule has 1 aromatic heterocycles. The third-order valence-corrected chi connectivity index (χ3v) is 21.8. The SMILES string of the molecule is C.C.C.C.CC[C@@H](C)[C@H](O)c1ccc2c(c1)OCCO2.C[C@H](CN1CC2(CCC2)C1)[C@H](O)c1ccc2c(c1)OCCO2.N[C@H](CN1CC2(CCC2)C1)[C@H](O)c1ccc2c(c1)OCCO2.O=C(N[C@H](CN1CC2(CCC2)C1)[C@H](O)c1ccc2c(c1)OCCO2)C(F)(F)c1cc2cc(Cl)ccc2o1. The largest absolute Gasteiger partial charge is 0.486 e. The Labute approximate surface area is 600 Å². The van der Waals surface area contributed by atoms with Gasteiger partial charge in [0.1, 0.15) is 64.5 Å². The summed E-state index contributed by atoms with van der Waals surface area (Å²) >= 11 is 5.96. The molecule has 0 unspecified atom stereocenters. The lowest BCUT2D eigenvalue weighted by atomic mass is 9.63. The Hall–Kier alpha value is -6.66. The van der Waals surface area contributed by atoms with E-state index < -0.39 is 48.0 Å². The lowest BCUT2D eigenvalue weighted by Crippen LogP contribution is -2.63. The van der Waals surface area contributed by atoms with Crippen LogP contribution in [0.25, 0.3) is 11.0 Å². The third kappa shape index (κ3) is 17.6. The molecule has 6 fully saturated rings. The molecule has 8 atom stereocenters. The summed E-state index contributed by atoms with van der Waals surface area (Å²) in [5.41, 5.74) is 11.0. The van der Waals surface area contributed by atoms with Crippen molar-refractivity contribution in [2.45, 2.75) is 157 Å². The van der Waals surface area contributed by atoms with Gasteiger partial charge in [-0.25, -0.2) is 0 Å². The lowest BCUT2D eigenvalue weighted by Gasteiger charge is -2.57. The zero-order valence-corrected chi connectivity index (χ0v) is 56.6. The number of ether oxygens (including phenoxy) is 8. The number of carbonyl (C=O) groups is 1. The molecule has 0 bridgehead atoms. The second kappa shape index (κ2) is 33.4. The summed E-state index contributed by atoms with van der Waals surface area (Å²) in [6.45, 7) is 18.9. The highest BCUT2D eigenvalue weighted by Crippen LogP contribution is 2.51. The van der Waals surface area contributed by atoms with Gasteiger partial charge in [0.15, 0.2) is 51.8 Å². The van der Waals surface area contributed by atoms with Gasteiger partial charge < -0.3 is 83.6 Å². The lowest BCUT2D eigenvalue weighted by molar-refractivity contribution is -0.152. The molecule has 16 rings (SSSR count). The second-order valence-electron chi connectivity index (χ2n) is 28.9. The van der Waals surface area contributed by atoms with Crippen LogP contribution in [0.3, 0.4) is 0 Å². The summed E-state index contributed by atoms with van der Waals surface area (Å²) in [4.78, 5) is 19.9. The molecule has 19 nitrogen and oxygen atoms in total. The smallest absolute Gasteiger partial charge is 0.380 e. The van der Waals surface area contributed by atoms with Crippen LogP contribution in [0, 0.1) is 28.1 Å². The van der Waals surface area contributed by atoms with Gasteiger partial charge in [-0.05, 0) is 162 Å². The van der Waals surface area contributed by atoms with E-state index in [2.05, 4.69) is 33.9 Å². The first-order valence-corrected chi connectivity index (χ1v) is 35.2. The van der Waals surface area contributed by atoms with E-state index in [-0.39, 0.29) is 59.7 Å². The Morgan fingerprint density at radius 1 is 0.495 bits per heavy atom. The van der Waals surface area contributed by atoms with Gasteiger partial charge in [0.25, 0.3) is 5.91 Å². The molecule has 5 aromatic carbocycles. The fraction of sp³-hybridized carbons (Fsp3) is 0.582. The minimum Gasteiger partial charge on any atom is -0.486 e. The summed E-state index contributed by atoms with van der Waals surface area (Å²) < 4.78 is 80.2. The Morgan fingerprint density at radius 2 is 0.851 bits per heavy atom. The number of alkyl halides is 2. The maximum absolute atomic E-state index is 15.3. The zero-order chi connectivity index (χ0) is 67.6. The Bertz CT molecular complexity index is 3590. The van der Waals surface area contributed by atoms with Crippen molar-refractivity contribution in [3.8, 4) is 46.0 Å². The van der Waals surface area contributed by atoms with Gasteiger partial charge in [0, 0.05) is 75.4 Å². The number of furan rings is 1. The van der Waals surface area contributed by atoms with Crippen molar-refractivity contribution in [1.82, 2.24) is 20.0 Å². The fourth-order valence-electron chi connectivity index (χ4n) is 15.4. The van der Waals surface area contributed by atoms with E-state index in [1.807, 2.05) is 61.5 Å². The van der Waals surface area contributed by atoms with Crippen LogP contribution >= 0.6 is 11.6 Å². The minimum absolute atomic E-state index is 0. The number of aliphatic hydroxyl groups excluding tert-OH is 4. The van der Waals surface area contributed by atoms with E-state index in [1.54, 1.807) is 18.2 Å². The predicted octanol–water partition coefficient (Wildman–Crippen LogP) is 13.7. The van der Waals surface area contributed by atoms with E-state index in [1.165, 1.54) is 76.2 Å². The maximum atomic E-state index is 15.3. The summed E-state index contributed by atoms with van der Waals surface area (Å²) in [6.07, 6.45) is 9.98. The fourth-order valence-corrected chi connectivity index (χ4v) is 15.5. The quantitative estimate of drug-likeness (QED) is 0.0469. The van der Waals surface area contributed by atoms with Crippen LogP contribution in [-0.4, -0.2) is 165 Å². The molecular formula is C79H110ClF2N5O14. The van der Waals surface area contributed by atoms with Gasteiger partial charge in [0.05, 0.1) is 24.4 Å². The number of benzene rings is 5. The number of nitrogens with zero attached hydrogens (tertiary/aromatic N) is 3. The van der Waals surface area contributed by atoms with Gasteiger partial charge in [-0.3, -0.25) is 9.69 Å². The zero-order valence-electron chi connectivity index (χ0n) is 55.9. The number of carbonyl (C=O) groups excluding carboxylic acids is 1. The average molecular weight is 1430 g/mol. The first-order valence-electron chi connectivity index (χ1n) is 34.9. The number of rotatable bonds is 18. The van der Waals surface area contributed by atoms with Crippen LogP contribution in [0.4, 0.5) is 8.78 Å². The van der Waals surface area contributed by atoms with Gasteiger partial charge in [-0.1, -0.05) is 112 Å². The van der Waals surface area contributed by atoms with E-state index in [0.717, 1.165) is 110 Å². The maximum Gasteiger partial charge on any atom is 0.380 e. The Balaban J connectivity index is 0.000000162. The molecule has 556 valence electrons. The van der Waals surface area contributed by atoms with Gasteiger partial charge in [-0.2, -0.15) is 8.78 Å². The van der Waals surface area contributed by atoms with Crippen LogP contribution in [0.5, 0.6) is 46.0 Å². The number of nitrogens with one attached hydrogen (secondary N) is 1.